The van der Waals surface area contributed by atoms with Crippen molar-refractivity contribution in [3.05, 3.63) is 37.5 Å². The molecule has 0 bridgehead atoms. The Kier molecular flexibility index (Phi) is 5.24. The molecule has 1 atom stereocenters. The van der Waals surface area contributed by atoms with Gasteiger partial charge in [0.05, 0.1) is 10.5 Å². The second-order valence-corrected chi connectivity index (χ2v) is 9.60. The molecule has 2 heterocycles. The highest BCUT2D eigenvalue weighted by atomic mass is 32.1. The lowest BCUT2D eigenvalue weighted by atomic mass is 9.72. The average Bonchev–Trinajstić information content (AvgIpc) is 3.10. The largest absolute Gasteiger partial charge is 0.365 e. The van der Waals surface area contributed by atoms with E-state index >= 15 is 0 Å². The lowest BCUT2D eigenvalue weighted by molar-refractivity contribution is -0.385. The van der Waals surface area contributed by atoms with Gasteiger partial charge in [-0.3, -0.25) is 24.4 Å². The van der Waals surface area contributed by atoms with Crippen molar-refractivity contribution >= 4 is 33.8 Å². The normalized spacial score (nSPS) is 16.4. The van der Waals surface area contributed by atoms with E-state index in [1.54, 1.807) is 0 Å². The molecule has 9 nitrogen and oxygen atoms in total. The fourth-order valence-electron chi connectivity index (χ4n) is 3.80. The molecule has 3 N–H and O–H groups in total. The summed E-state index contributed by atoms with van der Waals surface area (Å²) in [6.07, 6.45) is 2.46. The average molecular weight is 420 g/mol. The lowest BCUT2D eigenvalue weighted by Crippen LogP contribution is -2.27. The highest BCUT2D eigenvalue weighted by Crippen LogP contribution is 2.44. The van der Waals surface area contributed by atoms with Crippen LogP contribution in [0.25, 0.3) is 0 Å². The first-order chi connectivity index (χ1) is 13.4. The minimum atomic E-state index is -0.728. The number of primary amides is 1. The molecule has 0 saturated heterocycles. The van der Waals surface area contributed by atoms with E-state index < -0.39 is 16.7 Å². The van der Waals surface area contributed by atoms with E-state index in [1.165, 1.54) is 30.0 Å². The molecule has 156 valence electrons. The van der Waals surface area contributed by atoms with Crippen LogP contribution in [-0.4, -0.2) is 26.5 Å². The van der Waals surface area contributed by atoms with Gasteiger partial charge in [0.15, 0.2) is 0 Å². The van der Waals surface area contributed by atoms with Crippen LogP contribution in [0.4, 0.5) is 10.7 Å². The predicted molar refractivity (Wildman–Crippen MR) is 110 cm³/mol. The number of nitro groups is 1. The maximum absolute atomic E-state index is 12.8. The molecule has 3 rings (SSSR count). The van der Waals surface area contributed by atoms with Gasteiger partial charge in [0.1, 0.15) is 10.7 Å². The van der Waals surface area contributed by atoms with E-state index in [0.29, 0.717) is 22.9 Å². The SMILES string of the molecule is Cc1c([N+](=O)[O-])c(C(=O)Nc2sc3c(c2C(N)=O)CC[C@H](C(C)(C)C)C3)nn1C. The second kappa shape index (κ2) is 7.25. The highest BCUT2D eigenvalue weighted by Gasteiger charge is 2.35. The molecular weight excluding hydrogens is 394 g/mol. The van der Waals surface area contributed by atoms with Gasteiger partial charge in [0.25, 0.3) is 11.8 Å². The quantitative estimate of drug-likeness (QED) is 0.580. The maximum Gasteiger partial charge on any atom is 0.322 e. The van der Waals surface area contributed by atoms with Crippen molar-refractivity contribution in [1.82, 2.24) is 9.78 Å². The van der Waals surface area contributed by atoms with E-state index in [-0.39, 0.29) is 22.5 Å². The Labute approximate surface area is 172 Å². The summed E-state index contributed by atoms with van der Waals surface area (Å²) in [5, 5.41) is 18.3. The molecule has 0 spiro atoms. The number of nitrogens with zero attached hydrogens (tertiary/aromatic N) is 3. The van der Waals surface area contributed by atoms with Crippen LogP contribution in [0, 0.1) is 28.4 Å². The number of nitrogens with one attached hydrogen (secondary N) is 1. The molecule has 1 aliphatic rings. The second-order valence-electron chi connectivity index (χ2n) is 8.50. The van der Waals surface area contributed by atoms with Crippen LogP contribution >= 0.6 is 11.3 Å². The summed E-state index contributed by atoms with van der Waals surface area (Å²) in [5.41, 5.74) is 6.56. The third-order valence-electron chi connectivity index (χ3n) is 5.66. The van der Waals surface area contributed by atoms with Gasteiger partial charge in [-0.25, -0.2) is 0 Å². The summed E-state index contributed by atoms with van der Waals surface area (Å²) in [7, 11) is 1.53. The van der Waals surface area contributed by atoms with E-state index in [0.717, 1.165) is 23.3 Å². The summed E-state index contributed by atoms with van der Waals surface area (Å²) in [6, 6.07) is 0. The van der Waals surface area contributed by atoms with Crippen molar-refractivity contribution in [3.63, 3.8) is 0 Å². The van der Waals surface area contributed by atoms with Crippen LogP contribution in [0.1, 0.15) is 64.2 Å². The molecule has 0 fully saturated rings. The number of aromatic nitrogens is 2. The zero-order valence-corrected chi connectivity index (χ0v) is 18.0. The van der Waals surface area contributed by atoms with E-state index in [1.807, 2.05) is 0 Å². The first-order valence-electron chi connectivity index (χ1n) is 9.35. The number of aryl methyl sites for hydroxylation is 1. The Balaban J connectivity index is 1.98. The smallest absolute Gasteiger partial charge is 0.322 e. The number of nitrogens with two attached hydrogens (primary N) is 1. The summed E-state index contributed by atoms with van der Waals surface area (Å²) in [4.78, 5) is 36.7. The number of rotatable bonds is 4. The zero-order chi connectivity index (χ0) is 21.7. The number of carbonyl (C=O) groups is 2. The van der Waals surface area contributed by atoms with Gasteiger partial charge < -0.3 is 11.1 Å². The standard InChI is InChI=1S/C19H25N5O4S/c1-9-15(24(27)28)14(22-23(9)5)17(26)21-18-13(16(20)25)11-7-6-10(19(2,3)4)8-12(11)29-18/h10H,6-8H2,1-5H3,(H2,20,25)(H,21,26)/t10-/m0/s1. The van der Waals surface area contributed by atoms with Crippen LogP contribution in [0.3, 0.4) is 0 Å². The predicted octanol–water partition coefficient (Wildman–Crippen LogP) is 3.20. The van der Waals surface area contributed by atoms with Crippen molar-refractivity contribution in [2.75, 3.05) is 5.32 Å². The summed E-state index contributed by atoms with van der Waals surface area (Å²) >= 11 is 1.32. The first kappa shape index (κ1) is 21.0. The number of amides is 2. The fraction of sp³-hybridized carbons (Fsp3) is 0.526. The summed E-state index contributed by atoms with van der Waals surface area (Å²) in [6.45, 7) is 8.09. The Bertz CT molecular complexity index is 1010. The fourth-order valence-corrected chi connectivity index (χ4v) is 5.13. The number of anilines is 1. The van der Waals surface area contributed by atoms with Crippen molar-refractivity contribution in [1.29, 1.82) is 0 Å². The van der Waals surface area contributed by atoms with Gasteiger partial charge in [0, 0.05) is 11.9 Å². The van der Waals surface area contributed by atoms with Crippen molar-refractivity contribution in [2.24, 2.45) is 24.1 Å². The number of hydrogen-bond acceptors (Lipinski definition) is 6. The Hall–Kier alpha value is -2.75. The topological polar surface area (TPSA) is 133 Å². The molecule has 0 saturated carbocycles. The van der Waals surface area contributed by atoms with E-state index in [4.69, 9.17) is 5.73 Å². The van der Waals surface area contributed by atoms with Crippen LogP contribution in [-0.2, 0) is 19.9 Å². The van der Waals surface area contributed by atoms with Crippen LogP contribution < -0.4 is 11.1 Å². The number of carbonyl (C=O) groups excluding carboxylic acids is 2. The minimum Gasteiger partial charge on any atom is -0.365 e. The molecule has 2 amide bonds. The van der Waals surface area contributed by atoms with Gasteiger partial charge in [0.2, 0.25) is 5.69 Å². The molecule has 0 radical (unpaired) electrons. The molecular formula is C19H25N5O4S. The number of fused-ring (bicyclic) bond motifs is 1. The van der Waals surface area contributed by atoms with E-state index in [9.17, 15) is 19.7 Å². The van der Waals surface area contributed by atoms with Crippen molar-refractivity contribution in [2.45, 2.75) is 47.0 Å². The molecule has 2 aromatic rings. The monoisotopic (exact) mass is 419 g/mol. The molecule has 0 aromatic carbocycles. The molecule has 10 heteroatoms. The van der Waals surface area contributed by atoms with Crippen molar-refractivity contribution in [3.8, 4) is 0 Å². The van der Waals surface area contributed by atoms with Crippen LogP contribution in [0.2, 0.25) is 0 Å². The molecule has 29 heavy (non-hydrogen) atoms. The van der Waals surface area contributed by atoms with Gasteiger partial charge in [-0.1, -0.05) is 20.8 Å². The Morgan fingerprint density at radius 3 is 2.59 bits per heavy atom. The van der Waals surface area contributed by atoms with Crippen LogP contribution in [0.5, 0.6) is 0 Å². The number of thiophene rings is 1. The van der Waals surface area contributed by atoms with Gasteiger partial charge in [-0.05, 0) is 43.1 Å². The van der Waals surface area contributed by atoms with Crippen LogP contribution in [0.15, 0.2) is 0 Å². The molecule has 0 unspecified atom stereocenters. The maximum atomic E-state index is 12.8. The van der Waals surface area contributed by atoms with Gasteiger partial charge in [-0.2, -0.15) is 5.10 Å². The minimum absolute atomic E-state index is 0.129. The van der Waals surface area contributed by atoms with E-state index in [2.05, 4.69) is 31.2 Å². The molecule has 2 aromatic heterocycles. The first-order valence-corrected chi connectivity index (χ1v) is 10.2. The Morgan fingerprint density at radius 1 is 1.38 bits per heavy atom. The lowest BCUT2D eigenvalue weighted by Gasteiger charge is -2.33. The van der Waals surface area contributed by atoms with Gasteiger partial charge >= 0.3 is 5.69 Å². The highest BCUT2D eigenvalue weighted by molar-refractivity contribution is 7.17. The summed E-state index contributed by atoms with van der Waals surface area (Å²) < 4.78 is 1.29. The third-order valence-corrected chi connectivity index (χ3v) is 6.83. The summed E-state index contributed by atoms with van der Waals surface area (Å²) in [5.74, 6) is -0.884. The number of hydrogen-bond donors (Lipinski definition) is 2. The Morgan fingerprint density at radius 2 is 2.03 bits per heavy atom. The third kappa shape index (κ3) is 3.76. The van der Waals surface area contributed by atoms with Crippen molar-refractivity contribution < 1.29 is 14.5 Å². The zero-order valence-electron chi connectivity index (χ0n) is 17.2. The molecule has 1 aliphatic carbocycles. The molecule has 0 aliphatic heterocycles. The van der Waals surface area contributed by atoms with Gasteiger partial charge in [-0.15, -0.1) is 11.3 Å².